The summed E-state index contributed by atoms with van der Waals surface area (Å²) >= 11 is 5.87. The summed E-state index contributed by atoms with van der Waals surface area (Å²) in [4.78, 5) is 11.2. The van der Waals surface area contributed by atoms with Gasteiger partial charge in [0.15, 0.2) is 0 Å². The number of carboxylic acids is 1. The molecule has 100 valence electrons. The zero-order chi connectivity index (χ0) is 13.5. The molecule has 1 rings (SSSR count). The maximum Gasteiger partial charge on any atom is 0.311 e. The summed E-state index contributed by atoms with van der Waals surface area (Å²) in [5, 5.41) is 9.78. The Morgan fingerprint density at radius 1 is 1.44 bits per heavy atom. The topological polar surface area (TPSA) is 46.5 Å². The third-order valence-electron chi connectivity index (χ3n) is 2.55. The minimum atomic E-state index is -0.842. The largest absolute Gasteiger partial charge is 0.481 e. The Kier molecular flexibility index (Phi) is 6.16. The predicted molar refractivity (Wildman–Crippen MR) is 72.1 cm³/mol. The maximum absolute atomic E-state index is 11.2. The Balaban J connectivity index is 2.58. The molecule has 0 aliphatic heterocycles. The zero-order valence-electron chi connectivity index (χ0n) is 10.7. The summed E-state index contributed by atoms with van der Waals surface area (Å²) < 4.78 is 5.43. The van der Waals surface area contributed by atoms with Gasteiger partial charge in [-0.15, -0.1) is 0 Å². The minimum absolute atomic E-state index is 0.446. The van der Waals surface area contributed by atoms with Crippen LogP contribution in [-0.2, 0) is 9.53 Å². The molecule has 0 aliphatic carbocycles. The van der Waals surface area contributed by atoms with Gasteiger partial charge in [0.1, 0.15) is 0 Å². The van der Waals surface area contributed by atoms with E-state index >= 15 is 0 Å². The van der Waals surface area contributed by atoms with Gasteiger partial charge in [-0.2, -0.15) is 0 Å². The fraction of sp³-hybridized carbons (Fsp3) is 0.500. The second-order valence-electron chi connectivity index (χ2n) is 4.70. The normalized spacial score (nSPS) is 12.7. The van der Waals surface area contributed by atoms with E-state index in [4.69, 9.17) is 16.3 Å². The van der Waals surface area contributed by atoms with E-state index in [2.05, 4.69) is 13.8 Å². The van der Waals surface area contributed by atoms with Crippen molar-refractivity contribution < 1.29 is 14.6 Å². The summed E-state index contributed by atoms with van der Waals surface area (Å²) in [6, 6.07) is 6.98. The Hall–Kier alpha value is -1.06. The molecular weight excluding hydrogens is 252 g/mol. The van der Waals surface area contributed by atoms with Crippen LogP contribution in [0.4, 0.5) is 0 Å². The molecule has 0 aliphatic rings. The van der Waals surface area contributed by atoms with Crippen LogP contribution in [0, 0.1) is 5.92 Å². The van der Waals surface area contributed by atoms with E-state index in [1.54, 1.807) is 24.3 Å². The second-order valence-corrected chi connectivity index (χ2v) is 5.14. The highest BCUT2D eigenvalue weighted by Crippen LogP contribution is 2.23. The average molecular weight is 271 g/mol. The molecule has 4 heteroatoms. The van der Waals surface area contributed by atoms with Gasteiger partial charge in [-0.05, 0) is 30.0 Å². The van der Waals surface area contributed by atoms with Crippen molar-refractivity contribution in [1.29, 1.82) is 0 Å². The van der Waals surface area contributed by atoms with Crippen LogP contribution in [-0.4, -0.2) is 24.3 Å². The second kappa shape index (κ2) is 7.39. The summed E-state index contributed by atoms with van der Waals surface area (Å²) in [7, 11) is 0. The molecule has 0 saturated heterocycles. The Morgan fingerprint density at radius 2 is 2.17 bits per heavy atom. The first-order valence-electron chi connectivity index (χ1n) is 6.06. The first kappa shape index (κ1) is 15.0. The highest BCUT2D eigenvalue weighted by atomic mass is 35.5. The molecule has 1 aromatic rings. The highest BCUT2D eigenvalue weighted by molar-refractivity contribution is 6.30. The van der Waals surface area contributed by atoms with Gasteiger partial charge in [-0.3, -0.25) is 4.79 Å². The van der Waals surface area contributed by atoms with Crippen molar-refractivity contribution in [2.75, 3.05) is 13.2 Å². The molecule has 0 fully saturated rings. The molecule has 0 bridgehead atoms. The van der Waals surface area contributed by atoms with Crippen LogP contribution in [0.25, 0.3) is 0 Å². The number of ether oxygens (including phenoxy) is 1. The molecule has 0 saturated carbocycles. The number of rotatable bonds is 7. The molecule has 18 heavy (non-hydrogen) atoms. The maximum atomic E-state index is 11.2. The third-order valence-corrected chi connectivity index (χ3v) is 2.79. The van der Waals surface area contributed by atoms with Crippen LogP contribution in [0.1, 0.15) is 31.7 Å². The predicted octanol–water partition coefficient (Wildman–Crippen LogP) is 3.57. The molecule has 1 aromatic carbocycles. The van der Waals surface area contributed by atoms with E-state index in [1.165, 1.54) is 0 Å². The van der Waals surface area contributed by atoms with E-state index in [0.29, 0.717) is 30.6 Å². The van der Waals surface area contributed by atoms with Crippen molar-refractivity contribution >= 4 is 17.6 Å². The van der Waals surface area contributed by atoms with Gasteiger partial charge >= 0.3 is 5.97 Å². The molecule has 3 nitrogen and oxygen atoms in total. The fourth-order valence-corrected chi connectivity index (χ4v) is 1.88. The van der Waals surface area contributed by atoms with Gasteiger partial charge < -0.3 is 9.84 Å². The number of halogens is 1. The van der Waals surface area contributed by atoms with E-state index in [1.807, 2.05) is 0 Å². The van der Waals surface area contributed by atoms with Crippen LogP contribution >= 0.6 is 11.6 Å². The lowest BCUT2D eigenvalue weighted by Crippen LogP contribution is -2.15. The Morgan fingerprint density at radius 3 is 2.72 bits per heavy atom. The molecule has 0 radical (unpaired) electrons. The van der Waals surface area contributed by atoms with Gasteiger partial charge in [0.25, 0.3) is 0 Å². The molecule has 1 atom stereocenters. The van der Waals surface area contributed by atoms with Crippen LogP contribution in [0.2, 0.25) is 5.02 Å². The number of hydrogen-bond donors (Lipinski definition) is 1. The standard InChI is InChI=1S/C14H19ClO3/c1-10(2)9-18-7-6-13(14(16)17)11-4-3-5-12(15)8-11/h3-5,8,10,13H,6-7,9H2,1-2H3,(H,16,17). The van der Waals surface area contributed by atoms with Crippen LogP contribution in [0.15, 0.2) is 24.3 Å². The van der Waals surface area contributed by atoms with Crippen molar-refractivity contribution in [1.82, 2.24) is 0 Å². The number of hydrogen-bond acceptors (Lipinski definition) is 2. The molecule has 1 unspecified atom stereocenters. The van der Waals surface area contributed by atoms with Crippen molar-refractivity contribution in [2.24, 2.45) is 5.92 Å². The fourth-order valence-electron chi connectivity index (χ4n) is 1.68. The Labute approximate surface area is 113 Å². The van der Waals surface area contributed by atoms with Crippen LogP contribution in [0.5, 0.6) is 0 Å². The van der Waals surface area contributed by atoms with Crippen molar-refractivity contribution in [2.45, 2.75) is 26.2 Å². The van der Waals surface area contributed by atoms with E-state index in [-0.39, 0.29) is 0 Å². The van der Waals surface area contributed by atoms with E-state index in [9.17, 15) is 9.90 Å². The van der Waals surface area contributed by atoms with Crippen molar-refractivity contribution in [3.05, 3.63) is 34.9 Å². The van der Waals surface area contributed by atoms with Gasteiger partial charge in [-0.1, -0.05) is 37.6 Å². The van der Waals surface area contributed by atoms with Gasteiger partial charge in [0.05, 0.1) is 5.92 Å². The lowest BCUT2D eigenvalue weighted by Gasteiger charge is -2.14. The lowest BCUT2D eigenvalue weighted by atomic mass is 9.96. The molecule has 0 spiro atoms. The van der Waals surface area contributed by atoms with Gasteiger partial charge in [0.2, 0.25) is 0 Å². The monoisotopic (exact) mass is 270 g/mol. The van der Waals surface area contributed by atoms with Crippen molar-refractivity contribution in [3.63, 3.8) is 0 Å². The van der Waals surface area contributed by atoms with E-state index < -0.39 is 11.9 Å². The van der Waals surface area contributed by atoms with E-state index in [0.717, 1.165) is 5.56 Å². The molecule has 0 amide bonds. The van der Waals surface area contributed by atoms with Gasteiger partial charge in [-0.25, -0.2) is 0 Å². The number of carbonyl (C=O) groups is 1. The number of carboxylic acid groups (broad SMARTS) is 1. The van der Waals surface area contributed by atoms with Gasteiger partial charge in [0, 0.05) is 18.2 Å². The summed E-state index contributed by atoms with van der Waals surface area (Å²) in [5.74, 6) is -0.944. The average Bonchev–Trinajstić information content (AvgIpc) is 2.27. The zero-order valence-corrected chi connectivity index (χ0v) is 11.5. The Bertz CT molecular complexity index is 390. The van der Waals surface area contributed by atoms with Crippen LogP contribution < -0.4 is 0 Å². The van der Waals surface area contributed by atoms with Crippen LogP contribution in [0.3, 0.4) is 0 Å². The number of aliphatic carboxylic acids is 1. The lowest BCUT2D eigenvalue weighted by molar-refractivity contribution is -0.139. The summed E-state index contributed by atoms with van der Waals surface area (Å²) in [6.07, 6.45) is 0.461. The minimum Gasteiger partial charge on any atom is -0.481 e. The first-order chi connectivity index (χ1) is 8.50. The molecular formula is C14H19ClO3. The smallest absolute Gasteiger partial charge is 0.311 e. The first-order valence-corrected chi connectivity index (χ1v) is 6.44. The molecule has 0 heterocycles. The SMILES string of the molecule is CC(C)COCCC(C(=O)O)c1cccc(Cl)c1. The third kappa shape index (κ3) is 5.07. The molecule has 0 aromatic heterocycles. The van der Waals surface area contributed by atoms with Crippen molar-refractivity contribution in [3.8, 4) is 0 Å². The summed E-state index contributed by atoms with van der Waals surface area (Å²) in [5.41, 5.74) is 0.725. The highest BCUT2D eigenvalue weighted by Gasteiger charge is 2.19. The number of benzene rings is 1. The quantitative estimate of drug-likeness (QED) is 0.771. The summed E-state index contributed by atoms with van der Waals surface area (Å²) in [6.45, 7) is 5.22. The molecule has 1 N–H and O–H groups in total.